The molecule has 0 radical (unpaired) electrons. The highest BCUT2D eigenvalue weighted by molar-refractivity contribution is 5.83. The first-order chi connectivity index (χ1) is 9.24. The van der Waals surface area contributed by atoms with Gasteiger partial charge >= 0.3 is 0 Å². The van der Waals surface area contributed by atoms with Crippen molar-refractivity contribution in [3.05, 3.63) is 30.3 Å². The third-order valence-corrected chi connectivity index (χ3v) is 2.96. The minimum atomic E-state index is 0.0885. The van der Waals surface area contributed by atoms with Crippen molar-refractivity contribution in [2.45, 2.75) is 0 Å². The Hall–Kier alpha value is -1.85. The number of anilines is 2. The Bertz CT molecular complexity index is 545. The van der Waals surface area contributed by atoms with Crippen LogP contribution in [0, 0.1) is 0 Å². The van der Waals surface area contributed by atoms with Crippen molar-refractivity contribution in [3.8, 4) is 0 Å². The molecule has 1 aromatic heterocycles. The van der Waals surface area contributed by atoms with Crippen molar-refractivity contribution in [3.63, 3.8) is 0 Å². The lowest BCUT2D eigenvalue weighted by Crippen LogP contribution is -2.30. The van der Waals surface area contributed by atoms with E-state index < -0.39 is 0 Å². The fourth-order valence-electron chi connectivity index (χ4n) is 1.97. The van der Waals surface area contributed by atoms with Crippen molar-refractivity contribution in [1.29, 1.82) is 0 Å². The summed E-state index contributed by atoms with van der Waals surface area (Å²) in [6, 6.07) is 9.57. The van der Waals surface area contributed by atoms with Crippen LogP contribution in [0.15, 0.2) is 30.3 Å². The number of fused-ring (bicyclic) bond motifs is 1. The van der Waals surface area contributed by atoms with Gasteiger partial charge in [-0.05, 0) is 30.3 Å². The van der Waals surface area contributed by atoms with Crippen LogP contribution in [0.3, 0.4) is 0 Å². The minimum Gasteiger partial charge on any atom is -0.399 e. The average Bonchev–Trinajstić information content (AvgIpc) is 2.43. The number of aliphatic hydroxyl groups is 1. The number of ether oxygens (including phenoxy) is 1. The zero-order valence-electron chi connectivity index (χ0n) is 11.0. The predicted octanol–water partition coefficient (Wildman–Crippen LogP) is 1.26. The second kappa shape index (κ2) is 6.36. The molecule has 19 heavy (non-hydrogen) atoms. The molecule has 0 spiro atoms. The lowest BCUT2D eigenvalue weighted by atomic mass is 10.2. The second-order valence-corrected chi connectivity index (χ2v) is 4.33. The lowest BCUT2D eigenvalue weighted by Gasteiger charge is -2.22. The van der Waals surface area contributed by atoms with E-state index in [0.29, 0.717) is 19.7 Å². The van der Waals surface area contributed by atoms with Gasteiger partial charge in [-0.25, -0.2) is 4.98 Å². The van der Waals surface area contributed by atoms with Crippen LogP contribution in [-0.2, 0) is 4.74 Å². The van der Waals surface area contributed by atoms with Crippen LogP contribution in [0.2, 0.25) is 0 Å². The smallest absolute Gasteiger partial charge is 0.129 e. The van der Waals surface area contributed by atoms with Gasteiger partial charge in [0.25, 0.3) is 0 Å². The monoisotopic (exact) mass is 261 g/mol. The van der Waals surface area contributed by atoms with Gasteiger partial charge in [-0.1, -0.05) is 0 Å². The molecule has 5 heteroatoms. The van der Waals surface area contributed by atoms with E-state index in [-0.39, 0.29) is 6.61 Å². The maximum absolute atomic E-state index is 9.12. The highest BCUT2D eigenvalue weighted by Gasteiger charge is 2.08. The number of aliphatic hydroxyl groups excluding tert-OH is 1. The number of nitrogen functional groups attached to an aromatic ring is 1. The fraction of sp³-hybridized carbons (Fsp3) is 0.357. The number of nitrogens with zero attached hydrogens (tertiary/aromatic N) is 2. The molecule has 0 saturated carbocycles. The van der Waals surface area contributed by atoms with E-state index in [9.17, 15) is 0 Å². The van der Waals surface area contributed by atoms with E-state index >= 15 is 0 Å². The zero-order valence-corrected chi connectivity index (χ0v) is 11.0. The minimum absolute atomic E-state index is 0.0885. The maximum Gasteiger partial charge on any atom is 0.129 e. The summed E-state index contributed by atoms with van der Waals surface area (Å²) in [7, 11) is 1.66. The molecule has 2 aromatic rings. The zero-order chi connectivity index (χ0) is 13.7. The van der Waals surface area contributed by atoms with E-state index in [4.69, 9.17) is 15.6 Å². The van der Waals surface area contributed by atoms with Crippen LogP contribution >= 0.6 is 0 Å². The first-order valence-corrected chi connectivity index (χ1v) is 6.25. The van der Waals surface area contributed by atoms with Crippen molar-refractivity contribution in [1.82, 2.24) is 4.98 Å². The molecule has 102 valence electrons. The van der Waals surface area contributed by atoms with Gasteiger partial charge in [0.2, 0.25) is 0 Å². The number of rotatable bonds is 6. The molecular formula is C14H19N3O2. The quantitative estimate of drug-likeness (QED) is 0.766. The number of pyridine rings is 1. The summed E-state index contributed by atoms with van der Waals surface area (Å²) in [6.07, 6.45) is 0. The molecule has 2 rings (SSSR count). The molecule has 5 nitrogen and oxygen atoms in total. The number of hydrogen-bond acceptors (Lipinski definition) is 5. The highest BCUT2D eigenvalue weighted by Crippen LogP contribution is 2.20. The van der Waals surface area contributed by atoms with Crippen molar-refractivity contribution >= 4 is 22.4 Å². The van der Waals surface area contributed by atoms with E-state index in [2.05, 4.69) is 4.98 Å². The first-order valence-electron chi connectivity index (χ1n) is 6.25. The SMILES string of the molecule is COCCN(CCO)c1ccc2cc(N)ccc2n1. The topological polar surface area (TPSA) is 71.6 Å². The second-order valence-electron chi connectivity index (χ2n) is 4.33. The van der Waals surface area contributed by atoms with E-state index in [1.165, 1.54) is 0 Å². The summed E-state index contributed by atoms with van der Waals surface area (Å²) in [5.41, 5.74) is 7.37. The number of methoxy groups -OCH3 is 1. The average molecular weight is 261 g/mol. The summed E-state index contributed by atoms with van der Waals surface area (Å²) in [6.45, 7) is 1.92. The number of nitrogens with two attached hydrogens (primary N) is 1. The Morgan fingerprint density at radius 2 is 2.11 bits per heavy atom. The summed E-state index contributed by atoms with van der Waals surface area (Å²) < 4.78 is 5.08. The Labute approximate surface area is 112 Å². The van der Waals surface area contributed by atoms with E-state index in [0.717, 1.165) is 22.4 Å². The third kappa shape index (κ3) is 3.33. The van der Waals surface area contributed by atoms with Crippen molar-refractivity contribution in [2.24, 2.45) is 0 Å². The summed E-state index contributed by atoms with van der Waals surface area (Å²) in [5, 5.41) is 10.1. The van der Waals surface area contributed by atoms with Crippen LogP contribution < -0.4 is 10.6 Å². The molecule has 1 aromatic carbocycles. The Morgan fingerprint density at radius 3 is 2.84 bits per heavy atom. The molecular weight excluding hydrogens is 242 g/mol. The molecule has 0 bridgehead atoms. The summed E-state index contributed by atoms with van der Waals surface area (Å²) in [4.78, 5) is 6.59. The van der Waals surface area contributed by atoms with Crippen LogP contribution in [-0.4, -0.2) is 43.5 Å². The third-order valence-electron chi connectivity index (χ3n) is 2.96. The standard InChI is InChI=1S/C14H19N3O2/c1-19-9-7-17(6-8-18)14-5-2-11-10-12(15)3-4-13(11)16-14/h2-5,10,18H,6-9,15H2,1H3. The highest BCUT2D eigenvalue weighted by atomic mass is 16.5. The van der Waals surface area contributed by atoms with Crippen LogP contribution in [0.5, 0.6) is 0 Å². The van der Waals surface area contributed by atoms with Gasteiger partial charge in [0, 0.05) is 31.3 Å². The van der Waals surface area contributed by atoms with Gasteiger partial charge in [-0.2, -0.15) is 0 Å². The van der Waals surface area contributed by atoms with E-state index in [1.807, 2.05) is 35.2 Å². The van der Waals surface area contributed by atoms with Crippen molar-refractivity contribution in [2.75, 3.05) is 44.0 Å². The molecule has 0 amide bonds. The van der Waals surface area contributed by atoms with Crippen LogP contribution in [0.1, 0.15) is 0 Å². The molecule has 0 aliphatic rings. The molecule has 0 atom stereocenters. The van der Waals surface area contributed by atoms with Gasteiger partial charge in [-0.15, -0.1) is 0 Å². The van der Waals surface area contributed by atoms with Crippen molar-refractivity contribution < 1.29 is 9.84 Å². The lowest BCUT2D eigenvalue weighted by molar-refractivity contribution is 0.202. The fourth-order valence-corrected chi connectivity index (χ4v) is 1.97. The molecule has 1 heterocycles. The molecule has 0 unspecified atom stereocenters. The maximum atomic E-state index is 9.12. The van der Waals surface area contributed by atoms with Crippen LogP contribution in [0.25, 0.3) is 10.9 Å². The number of hydrogen-bond donors (Lipinski definition) is 2. The molecule has 3 N–H and O–H groups in total. The Balaban J connectivity index is 2.29. The normalized spacial score (nSPS) is 10.8. The molecule has 0 fully saturated rings. The Morgan fingerprint density at radius 1 is 1.26 bits per heavy atom. The molecule has 0 aliphatic carbocycles. The van der Waals surface area contributed by atoms with Gasteiger partial charge in [0.05, 0.1) is 18.7 Å². The van der Waals surface area contributed by atoms with E-state index in [1.54, 1.807) is 7.11 Å². The Kier molecular flexibility index (Phi) is 4.54. The summed E-state index contributed by atoms with van der Waals surface area (Å²) in [5.74, 6) is 0.836. The number of benzene rings is 1. The molecule has 0 saturated heterocycles. The number of aromatic nitrogens is 1. The molecule has 0 aliphatic heterocycles. The van der Waals surface area contributed by atoms with Gasteiger partial charge in [0.1, 0.15) is 5.82 Å². The first kappa shape index (κ1) is 13.6. The van der Waals surface area contributed by atoms with Gasteiger partial charge < -0.3 is 20.5 Å². The predicted molar refractivity (Wildman–Crippen MR) is 77.3 cm³/mol. The largest absolute Gasteiger partial charge is 0.399 e. The van der Waals surface area contributed by atoms with Gasteiger partial charge in [-0.3, -0.25) is 0 Å². The van der Waals surface area contributed by atoms with Crippen LogP contribution in [0.4, 0.5) is 11.5 Å². The summed E-state index contributed by atoms with van der Waals surface area (Å²) >= 11 is 0. The van der Waals surface area contributed by atoms with Gasteiger partial charge in [0.15, 0.2) is 0 Å².